The van der Waals surface area contributed by atoms with E-state index in [2.05, 4.69) is 21.5 Å². The number of aromatic nitrogens is 3. The first kappa shape index (κ1) is 15.2. The summed E-state index contributed by atoms with van der Waals surface area (Å²) >= 11 is 1.39. The molecule has 0 atom stereocenters. The predicted octanol–water partition coefficient (Wildman–Crippen LogP) is 3.74. The minimum absolute atomic E-state index is 0.109. The average Bonchev–Trinajstić information content (AvgIpc) is 2.84. The molecule has 2 rings (SSSR count). The average molecular weight is 309 g/mol. The summed E-state index contributed by atoms with van der Waals surface area (Å²) < 4.78 is 30.5. The van der Waals surface area contributed by atoms with Crippen LogP contribution in [0.15, 0.2) is 53.8 Å². The van der Waals surface area contributed by atoms with Gasteiger partial charge in [-0.05, 0) is 34.8 Å². The molecule has 0 saturated heterocycles. The third-order valence-electron chi connectivity index (χ3n) is 2.54. The van der Waals surface area contributed by atoms with Crippen LogP contribution in [0.5, 0.6) is 5.75 Å². The molecule has 1 aromatic carbocycles. The highest BCUT2D eigenvalue weighted by atomic mass is 32.2. The first-order chi connectivity index (χ1) is 10.1. The van der Waals surface area contributed by atoms with Crippen molar-refractivity contribution in [3.8, 4) is 5.75 Å². The van der Waals surface area contributed by atoms with E-state index in [1.165, 1.54) is 23.9 Å². The first-order valence-electron chi connectivity index (χ1n) is 5.97. The Kier molecular flexibility index (Phi) is 5.10. The second kappa shape index (κ2) is 7.03. The third-order valence-corrected chi connectivity index (χ3v) is 3.40. The van der Waals surface area contributed by atoms with Crippen LogP contribution >= 0.6 is 11.8 Å². The van der Waals surface area contributed by atoms with Gasteiger partial charge in [-0.1, -0.05) is 30.5 Å². The van der Waals surface area contributed by atoms with Crippen LogP contribution in [0.25, 0.3) is 5.57 Å². The molecule has 0 aliphatic heterocycles. The number of thioether (sulfide) groups is 1. The molecule has 0 radical (unpaired) electrons. The second-order valence-electron chi connectivity index (χ2n) is 4.08. The summed E-state index contributed by atoms with van der Waals surface area (Å²) in [5.41, 5.74) is 1.40. The molecular formula is C14H13F2N3OS. The van der Waals surface area contributed by atoms with E-state index < -0.39 is 6.61 Å². The monoisotopic (exact) mass is 309 g/mol. The van der Waals surface area contributed by atoms with Gasteiger partial charge in [0.1, 0.15) is 12.1 Å². The minimum Gasteiger partial charge on any atom is -0.435 e. The quantitative estimate of drug-likeness (QED) is 0.602. The zero-order valence-corrected chi connectivity index (χ0v) is 12.1. The smallest absolute Gasteiger partial charge is 0.387 e. The molecule has 0 aliphatic carbocycles. The van der Waals surface area contributed by atoms with Gasteiger partial charge in [-0.3, -0.25) is 0 Å². The molecule has 2 aromatic rings. The largest absolute Gasteiger partial charge is 0.435 e. The molecule has 7 heteroatoms. The van der Waals surface area contributed by atoms with E-state index in [1.807, 2.05) is 12.5 Å². The van der Waals surface area contributed by atoms with Crippen molar-refractivity contribution in [3.05, 3.63) is 54.2 Å². The first-order valence-corrected chi connectivity index (χ1v) is 6.85. The highest BCUT2D eigenvalue weighted by Gasteiger charge is 2.05. The molecule has 0 N–H and O–H groups in total. The van der Waals surface area contributed by atoms with Crippen LogP contribution in [-0.2, 0) is 7.05 Å². The normalized spacial score (nSPS) is 11.2. The Morgan fingerprint density at radius 2 is 2.29 bits per heavy atom. The van der Waals surface area contributed by atoms with Crippen LogP contribution < -0.4 is 4.74 Å². The van der Waals surface area contributed by atoms with Crippen LogP contribution in [0.2, 0.25) is 0 Å². The number of hydrogen-bond acceptors (Lipinski definition) is 4. The van der Waals surface area contributed by atoms with Gasteiger partial charge in [0.05, 0.1) is 0 Å². The molecule has 110 valence electrons. The van der Waals surface area contributed by atoms with Crippen LogP contribution in [0.4, 0.5) is 8.78 Å². The van der Waals surface area contributed by atoms with Gasteiger partial charge in [0, 0.05) is 7.05 Å². The molecule has 1 heterocycles. The maximum absolute atomic E-state index is 12.2. The number of alkyl halides is 2. The van der Waals surface area contributed by atoms with Gasteiger partial charge in [0.2, 0.25) is 0 Å². The summed E-state index contributed by atoms with van der Waals surface area (Å²) in [6.45, 7) is 1.06. The Bertz CT molecular complexity index is 655. The Labute approximate surface area is 125 Å². The molecule has 0 amide bonds. The van der Waals surface area contributed by atoms with Crippen molar-refractivity contribution in [1.82, 2.24) is 14.8 Å². The lowest BCUT2D eigenvalue weighted by atomic mass is 10.1. The van der Waals surface area contributed by atoms with Crippen LogP contribution in [0, 0.1) is 0 Å². The lowest BCUT2D eigenvalue weighted by molar-refractivity contribution is -0.0498. The van der Waals surface area contributed by atoms with E-state index >= 15 is 0 Å². The Hall–Kier alpha value is -2.15. The fourth-order valence-corrected chi connectivity index (χ4v) is 2.19. The standard InChI is InChI=1S/C14H13F2N3OS/c1-10(6-7-21-14-18-17-9-19(14)2)11-4-3-5-12(8-11)20-13(15)16/h3-9,13H,1H2,2H3/b7-6+. The van der Waals surface area contributed by atoms with Crippen molar-refractivity contribution in [1.29, 1.82) is 0 Å². The van der Waals surface area contributed by atoms with Gasteiger partial charge in [-0.2, -0.15) is 8.78 Å². The Balaban J connectivity index is 2.01. The molecule has 0 aliphatic rings. The molecule has 4 nitrogen and oxygen atoms in total. The van der Waals surface area contributed by atoms with E-state index in [-0.39, 0.29) is 5.75 Å². The van der Waals surface area contributed by atoms with Crippen molar-refractivity contribution in [2.24, 2.45) is 7.05 Å². The van der Waals surface area contributed by atoms with Gasteiger partial charge < -0.3 is 9.30 Å². The van der Waals surface area contributed by atoms with Crippen LogP contribution in [-0.4, -0.2) is 21.4 Å². The molecule has 0 spiro atoms. The molecule has 0 bridgehead atoms. The SMILES string of the molecule is C=C(/C=C/Sc1nncn1C)c1cccc(OC(F)F)c1. The Morgan fingerprint density at radius 3 is 2.95 bits per heavy atom. The van der Waals surface area contributed by atoms with Crippen molar-refractivity contribution in [2.45, 2.75) is 11.8 Å². The summed E-state index contributed by atoms with van der Waals surface area (Å²) in [6, 6.07) is 6.41. The van der Waals surface area contributed by atoms with E-state index in [0.29, 0.717) is 11.1 Å². The van der Waals surface area contributed by atoms with Gasteiger partial charge in [-0.15, -0.1) is 10.2 Å². The zero-order chi connectivity index (χ0) is 15.2. The van der Waals surface area contributed by atoms with Crippen LogP contribution in [0.1, 0.15) is 5.56 Å². The predicted molar refractivity (Wildman–Crippen MR) is 78.1 cm³/mol. The molecule has 0 saturated carbocycles. The zero-order valence-electron chi connectivity index (χ0n) is 11.2. The fourth-order valence-electron chi connectivity index (χ4n) is 1.52. The summed E-state index contributed by atoms with van der Waals surface area (Å²) in [5, 5.41) is 10.2. The lowest BCUT2D eigenvalue weighted by Gasteiger charge is -2.06. The molecule has 1 aromatic heterocycles. The van der Waals surface area contributed by atoms with E-state index in [1.54, 1.807) is 29.1 Å². The molecule has 21 heavy (non-hydrogen) atoms. The summed E-state index contributed by atoms with van der Waals surface area (Å²) in [7, 11) is 1.84. The van der Waals surface area contributed by atoms with Crippen molar-refractivity contribution >= 4 is 17.3 Å². The van der Waals surface area contributed by atoms with Crippen molar-refractivity contribution < 1.29 is 13.5 Å². The van der Waals surface area contributed by atoms with Gasteiger partial charge in [0.25, 0.3) is 0 Å². The minimum atomic E-state index is -2.84. The second-order valence-corrected chi connectivity index (χ2v) is 4.95. The van der Waals surface area contributed by atoms with Gasteiger partial charge >= 0.3 is 6.61 Å². The maximum Gasteiger partial charge on any atom is 0.387 e. The van der Waals surface area contributed by atoms with E-state index in [0.717, 1.165) is 5.16 Å². The van der Waals surface area contributed by atoms with Crippen molar-refractivity contribution in [3.63, 3.8) is 0 Å². The number of ether oxygens (including phenoxy) is 1. The number of hydrogen-bond donors (Lipinski definition) is 0. The molecule has 0 fully saturated rings. The van der Waals surface area contributed by atoms with Crippen LogP contribution in [0.3, 0.4) is 0 Å². The third kappa shape index (κ3) is 4.42. The molecule has 0 unspecified atom stereocenters. The number of aryl methyl sites for hydroxylation is 1. The molecular weight excluding hydrogens is 296 g/mol. The number of allylic oxidation sites excluding steroid dienone is 2. The van der Waals surface area contributed by atoms with E-state index in [4.69, 9.17) is 0 Å². The highest BCUT2D eigenvalue weighted by molar-refractivity contribution is 8.02. The summed E-state index contributed by atoms with van der Waals surface area (Å²) in [4.78, 5) is 0. The highest BCUT2D eigenvalue weighted by Crippen LogP contribution is 2.23. The van der Waals surface area contributed by atoms with Crippen molar-refractivity contribution in [2.75, 3.05) is 0 Å². The summed E-state index contributed by atoms with van der Waals surface area (Å²) in [5.74, 6) is 0.109. The maximum atomic E-state index is 12.2. The lowest BCUT2D eigenvalue weighted by Crippen LogP contribution is -2.01. The van der Waals surface area contributed by atoms with Gasteiger partial charge in [0.15, 0.2) is 5.16 Å². The van der Waals surface area contributed by atoms with E-state index in [9.17, 15) is 8.78 Å². The number of halogens is 2. The Morgan fingerprint density at radius 1 is 1.48 bits per heavy atom. The fraction of sp³-hybridized carbons (Fsp3) is 0.143. The number of rotatable bonds is 6. The van der Waals surface area contributed by atoms with Gasteiger partial charge in [-0.25, -0.2) is 0 Å². The topological polar surface area (TPSA) is 39.9 Å². The number of nitrogens with zero attached hydrogens (tertiary/aromatic N) is 3. The summed E-state index contributed by atoms with van der Waals surface area (Å²) in [6.07, 6.45) is 3.39. The number of benzene rings is 1.